The predicted octanol–water partition coefficient (Wildman–Crippen LogP) is 3.91. The Kier molecular flexibility index (Phi) is 2.28. The Hall–Kier alpha value is -2.33. The second-order valence-electron chi connectivity index (χ2n) is 4.35. The highest BCUT2D eigenvalue weighted by atomic mass is 32.1. The largest absolute Gasteiger partial charge is 0.254 e. The van der Waals surface area contributed by atoms with E-state index < -0.39 is 0 Å². The molecule has 0 bridgehead atoms. The molecule has 0 amide bonds. The minimum Gasteiger partial charge on any atom is -0.254 e. The average molecular weight is 263 g/mol. The fourth-order valence-corrected chi connectivity index (χ4v) is 2.80. The van der Waals surface area contributed by atoms with Crippen LogP contribution in [0.15, 0.2) is 54.7 Å². The molecule has 0 saturated carbocycles. The standard InChI is InChI=1S/C15H9N3S/c1-2-4-11-9-12(6-5-10(11)3-1)14-15-13(7-8-16-14)17-19-18-15/h1-9H. The fraction of sp³-hybridized carbons (Fsp3) is 0. The third kappa shape index (κ3) is 1.69. The zero-order valence-electron chi connectivity index (χ0n) is 9.95. The number of hydrogen-bond acceptors (Lipinski definition) is 4. The van der Waals surface area contributed by atoms with E-state index in [1.807, 2.05) is 18.2 Å². The third-order valence-corrected chi connectivity index (χ3v) is 3.74. The maximum atomic E-state index is 4.46. The molecule has 0 aliphatic carbocycles. The molecule has 0 aliphatic rings. The van der Waals surface area contributed by atoms with Crippen LogP contribution >= 0.6 is 11.7 Å². The van der Waals surface area contributed by atoms with E-state index in [1.54, 1.807) is 6.20 Å². The molecule has 2 aromatic heterocycles. The number of fused-ring (bicyclic) bond motifs is 2. The van der Waals surface area contributed by atoms with Crippen molar-refractivity contribution in [3.8, 4) is 11.3 Å². The molecule has 2 aromatic carbocycles. The second-order valence-corrected chi connectivity index (χ2v) is 4.88. The van der Waals surface area contributed by atoms with Crippen LogP contribution in [0.3, 0.4) is 0 Å². The van der Waals surface area contributed by atoms with Gasteiger partial charge in [0.05, 0.1) is 17.4 Å². The number of nitrogens with zero attached hydrogens (tertiary/aromatic N) is 3. The van der Waals surface area contributed by atoms with Crippen molar-refractivity contribution in [1.29, 1.82) is 0 Å². The molecular formula is C15H9N3S. The summed E-state index contributed by atoms with van der Waals surface area (Å²) in [7, 11) is 0. The van der Waals surface area contributed by atoms with E-state index >= 15 is 0 Å². The van der Waals surface area contributed by atoms with E-state index in [9.17, 15) is 0 Å². The Balaban J connectivity index is 2.01. The minimum absolute atomic E-state index is 0.878. The van der Waals surface area contributed by atoms with Crippen LogP contribution in [0.25, 0.3) is 33.1 Å². The SMILES string of the molecule is c1ccc2cc(-c3nccc4nsnc34)ccc2c1. The summed E-state index contributed by atoms with van der Waals surface area (Å²) < 4.78 is 8.60. The zero-order valence-corrected chi connectivity index (χ0v) is 10.8. The molecule has 0 radical (unpaired) electrons. The predicted molar refractivity (Wildman–Crippen MR) is 78.2 cm³/mol. The highest BCUT2D eigenvalue weighted by Crippen LogP contribution is 2.27. The van der Waals surface area contributed by atoms with Gasteiger partial charge in [-0.1, -0.05) is 36.4 Å². The summed E-state index contributed by atoms with van der Waals surface area (Å²) in [4.78, 5) is 4.46. The van der Waals surface area contributed by atoms with Gasteiger partial charge < -0.3 is 0 Å². The summed E-state index contributed by atoms with van der Waals surface area (Å²) in [5, 5.41) is 2.44. The molecule has 0 aliphatic heterocycles. The van der Waals surface area contributed by atoms with E-state index in [-0.39, 0.29) is 0 Å². The smallest absolute Gasteiger partial charge is 0.131 e. The zero-order chi connectivity index (χ0) is 12.7. The molecule has 0 spiro atoms. The van der Waals surface area contributed by atoms with Gasteiger partial charge in [0.1, 0.15) is 11.0 Å². The summed E-state index contributed by atoms with van der Waals surface area (Å²) in [5.74, 6) is 0. The topological polar surface area (TPSA) is 38.7 Å². The lowest BCUT2D eigenvalue weighted by Crippen LogP contribution is -1.85. The van der Waals surface area contributed by atoms with Crippen molar-refractivity contribution in [2.45, 2.75) is 0 Å². The van der Waals surface area contributed by atoms with Crippen LogP contribution in [0.2, 0.25) is 0 Å². The van der Waals surface area contributed by atoms with Gasteiger partial charge in [-0.25, -0.2) is 0 Å². The van der Waals surface area contributed by atoms with Gasteiger partial charge in [0.15, 0.2) is 0 Å². The lowest BCUT2D eigenvalue weighted by Gasteiger charge is -2.03. The normalized spacial score (nSPS) is 11.2. The lowest BCUT2D eigenvalue weighted by molar-refractivity contribution is 1.34. The van der Waals surface area contributed by atoms with Crippen LogP contribution in [0, 0.1) is 0 Å². The number of benzene rings is 2. The highest BCUT2D eigenvalue weighted by molar-refractivity contribution is 7.00. The number of aromatic nitrogens is 3. The van der Waals surface area contributed by atoms with Crippen LogP contribution in [0.5, 0.6) is 0 Å². The Morgan fingerprint density at radius 1 is 0.842 bits per heavy atom. The maximum Gasteiger partial charge on any atom is 0.131 e. The molecular weight excluding hydrogens is 254 g/mol. The van der Waals surface area contributed by atoms with Crippen LogP contribution in [0.1, 0.15) is 0 Å². The van der Waals surface area contributed by atoms with E-state index in [2.05, 4.69) is 44.1 Å². The first-order valence-corrected chi connectivity index (χ1v) is 6.71. The molecule has 4 rings (SSSR count). The van der Waals surface area contributed by atoms with Gasteiger partial charge in [0.2, 0.25) is 0 Å². The molecule has 0 atom stereocenters. The average Bonchev–Trinajstić information content (AvgIpc) is 2.95. The van der Waals surface area contributed by atoms with Crippen LogP contribution in [0.4, 0.5) is 0 Å². The molecule has 19 heavy (non-hydrogen) atoms. The Bertz CT molecular complexity index is 882. The van der Waals surface area contributed by atoms with Crippen molar-refractivity contribution in [3.05, 3.63) is 54.7 Å². The lowest BCUT2D eigenvalue weighted by atomic mass is 10.0. The van der Waals surface area contributed by atoms with E-state index in [0.29, 0.717) is 0 Å². The van der Waals surface area contributed by atoms with Crippen molar-refractivity contribution in [3.63, 3.8) is 0 Å². The van der Waals surface area contributed by atoms with Crippen LogP contribution < -0.4 is 0 Å². The molecule has 4 heteroatoms. The summed E-state index contributed by atoms with van der Waals surface area (Å²) in [6, 6.07) is 16.6. The van der Waals surface area contributed by atoms with Crippen LogP contribution in [-0.4, -0.2) is 13.7 Å². The molecule has 0 N–H and O–H groups in total. The first-order chi connectivity index (χ1) is 9.42. The van der Waals surface area contributed by atoms with Gasteiger partial charge in [0, 0.05) is 11.8 Å². The summed E-state index contributed by atoms with van der Waals surface area (Å²) in [6.07, 6.45) is 1.79. The van der Waals surface area contributed by atoms with E-state index in [4.69, 9.17) is 0 Å². The molecule has 2 heterocycles. The van der Waals surface area contributed by atoms with Gasteiger partial charge in [-0.15, -0.1) is 0 Å². The molecule has 0 saturated heterocycles. The molecule has 3 nitrogen and oxygen atoms in total. The summed E-state index contributed by atoms with van der Waals surface area (Å²) in [5.41, 5.74) is 3.76. The van der Waals surface area contributed by atoms with E-state index in [0.717, 1.165) is 22.3 Å². The van der Waals surface area contributed by atoms with Gasteiger partial charge in [-0.05, 0) is 22.9 Å². The number of pyridine rings is 1. The van der Waals surface area contributed by atoms with Crippen molar-refractivity contribution in [2.24, 2.45) is 0 Å². The Labute approximate surface area is 113 Å². The maximum absolute atomic E-state index is 4.46. The first kappa shape index (κ1) is 10.6. The van der Waals surface area contributed by atoms with Gasteiger partial charge in [-0.2, -0.15) is 8.75 Å². The van der Waals surface area contributed by atoms with Crippen LogP contribution in [-0.2, 0) is 0 Å². The van der Waals surface area contributed by atoms with Crippen molar-refractivity contribution >= 4 is 33.5 Å². The number of rotatable bonds is 1. The van der Waals surface area contributed by atoms with Gasteiger partial charge in [0.25, 0.3) is 0 Å². The van der Waals surface area contributed by atoms with Gasteiger partial charge in [-0.3, -0.25) is 4.98 Å². The van der Waals surface area contributed by atoms with Crippen molar-refractivity contribution in [1.82, 2.24) is 13.7 Å². The molecule has 4 aromatic rings. The molecule has 0 unspecified atom stereocenters. The monoisotopic (exact) mass is 263 g/mol. The van der Waals surface area contributed by atoms with E-state index in [1.165, 1.54) is 22.5 Å². The quantitative estimate of drug-likeness (QED) is 0.522. The molecule has 0 fully saturated rings. The fourth-order valence-electron chi connectivity index (χ4n) is 2.26. The highest BCUT2D eigenvalue weighted by Gasteiger charge is 2.09. The Morgan fingerprint density at radius 2 is 1.74 bits per heavy atom. The van der Waals surface area contributed by atoms with Gasteiger partial charge >= 0.3 is 0 Å². The first-order valence-electron chi connectivity index (χ1n) is 5.98. The molecule has 90 valence electrons. The third-order valence-electron chi connectivity index (χ3n) is 3.20. The summed E-state index contributed by atoms with van der Waals surface area (Å²) >= 11 is 1.23. The Morgan fingerprint density at radius 3 is 2.68 bits per heavy atom. The minimum atomic E-state index is 0.878. The van der Waals surface area contributed by atoms with Crippen molar-refractivity contribution < 1.29 is 0 Å². The second kappa shape index (κ2) is 4.10. The number of hydrogen-bond donors (Lipinski definition) is 0. The van der Waals surface area contributed by atoms with Crippen molar-refractivity contribution in [2.75, 3.05) is 0 Å². The summed E-state index contributed by atoms with van der Waals surface area (Å²) in [6.45, 7) is 0.